The van der Waals surface area contributed by atoms with Crippen molar-refractivity contribution < 1.29 is 0 Å². The molecule has 0 aliphatic carbocycles. The lowest BCUT2D eigenvalue weighted by molar-refractivity contribution is 0.437. The van der Waals surface area contributed by atoms with Crippen molar-refractivity contribution in [2.45, 2.75) is 11.4 Å². The van der Waals surface area contributed by atoms with Crippen molar-refractivity contribution in [2.75, 3.05) is 33.4 Å². The molecule has 0 amide bonds. The highest BCUT2D eigenvalue weighted by Crippen LogP contribution is 2.25. The van der Waals surface area contributed by atoms with E-state index in [1.54, 1.807) is 0 Å². The Morgan fingerprint density at radius 1 is 1.38 bits per heavy atom. The summed E-state index contributed by atoms with van der Waals surface area (Å²) >= 11 is 5.43. The third-order valence-electron chi connectivity index (χ3n) is 2.19. The van der Waals surface area contributed by atoms with E-state index in [1.165, 1.54) is 10.5 Å². The SMILES string of the molecule is CNCc1cc(Br)ccc1SCCN(C)C. The highest BCUT2D eigenvalue weighted by molar-refractivity contribution is 9.10. The predicted octanol–water partition coefficient (Wildman–Crippen LogP) is 2.82. The molecule has 0 aliphatic rings. The molecule has 0 aliphatic heterocycles. The average molecular weight is 303 g/mol. The Morgan fingerprint density at radius 3 is 2.75 bits per heavy atom. The monoisotopic (exact) mass is 302 g/mol. The number of rotatable bonds is 6. The second kappa shape index (κ2) is 7.33. The quantitative estimate of drug-likeness (QED) is 0.814. The zero-order chi connectivity index (χ0) is 12.0. The van der Waals surface area contributed by atoms with Crippen molar-refractivity contribution in [1.29, 1.82) is 0 Å². The Kier molecular flexibility index (Phi) is 6.43. The molecule has 16 heavy (non-hydrogen) atoms. The van der Waals surface area contributed by atoms with Gasteiger partial charge in [-0.3, -0.25) is 0 Å². The highest BCUT2D eigenvalue weighted by atomic mass is 79.9. The Labute approximate surface area is 111 Å². The fourth-order valence-corrected chi connectivity index (χ4v) is 2.92. The van der Waals surface area contributed by atoms with Crippen molar-refractivity contribution in [2.24, 2.45) is 0 Å². The summed E-state index contributed by atoms with van der Waals surface area (Å²) in [6.07, 6.45) is 0. The van der Waals surface area contributed by atoms with Gasteiger partial charge in [-0.15, -0.1) is 11.8 Å². The van der Waals surface area contributed by atoms with Crippen molar-refractivity contribution >= 4 is 27.7 Å². The molecule has 0 heterocycles. The van der Waals surface area contributed by atoms with E-state index < -0.39 is 0 Å². The average Bonchev–Trinajstić information content (AvgIpc) is 2.21. The molecule has 0 aromatic heterocycles. The molecule has 90 valence electrons. The van der Waals surface area contributed by atoms with Gasteiger partial charge in [0.05, 0.1) is 0 Å². The van der Waals surface area contributed by atoms with Gasteiger partial charge < -0.3 is 10.2 Å². The number of thioether (sulfide) groups is 1. The minimum absolute atomic E-state index is 0.920. The number of halogens is 1. The fraction of sp³-hybridized carbons (Fsp3) is 0.500. The molecule has 0 radical (unpaired) electrons. The molecular formula is C12H19BrN2S. The van der Waals surface area contributed by atoms with E-state index in [9.17, 15) is 0 Å². The molecule has 1 aromatic carbocycles. The molecule has 0 fully saturated rings. The standard InChI is InChI=1S/C12H19BrN2S/c1-14-9-10-8-11(13)4-5-12(10)16-7-6-15(2)3/h4-5,8,14H,6-7,9H2,1-3H3. The maximum absolute atomic E-state index is 3.51. The third kappa shape index (κ3) is 4.87. The van der Waals surface area contributed by atoms with Gasteiger partial charge in [0, 0.05) is 28.2 Å². The van der Waals surface area contributed by atoms with Gasteiger partial charge in [0.2, 0.25) is 0 Å². The maximum Gasteiger partial charge on any atom is 0.0214 e. The molecule has 1 aromatic rings. The lowest BCUT2D eigenvalue weighted by Gasteiger charge is -2.12. The summed E-state index contributed by atoms with van der Waals surface area (Å²) in [6, 6.07) is 6.49. The van der Waals surface area contributed by atoms with E-state index in [1.807, 2.05) is 18.8 Å². The largest absolute Gasteiger partial charge is 0.316 e. The Balaban J connectivity index is 2.63. The van der Waals surface area contributed by atoms with Crippen LogP contribution in [0.25, 0.3) is 0 Å². The first-order chi connectivity index (χ1) is 7.63. The van der Waals surface area contributed by atoms with Crippen molar-refractivity contribution in [3.63, 3.8) is 0 Å². The summed E-state index contributed by atoms with van der Waals surface area (Å²) in [6.45, 7) is 2.03. The fourth-order valence-electron chi connectivity index (χ4n) is 1.36. The number of hydrogen-bond acceptors (Lipinski definition) is 3. The van der Waals surface area contributed by atoms with E-state index in [-0.39, 0.29) is 0 Å². The van der Waals surface area contributed by atoms with Crippen LogP contribution in [0.1, 0.15) is 5.56 Å². The highest BCUT2D eigenvalue weighted by Gasteiger charge is 2.03. The van der Waals surface area contributed by atoms with Crippen LogP contribution in [0.2, 0.25) is 0 Å². The minimum Gasteiger partial charge on any atom is -0.316 e. The van der Waals surface area contributed by atoms with Gasteiger partial charge >= 0.3 is 0 Å². The summed E-state index contributed by atoms with van der Waals surface area (Å²) < 4.78 is 1.15. The molecule has 0 saturated heterocycles. The van der Waals surface area contributed by atoms with Crippen LogP contribution in [0.4, 0.5) is 0 Å². The summed E-state index contributed by atoms with van der Waals surface area (Å²) in [5.74, 6) is 1.13. The van der Waals surface area contributed by atoms with Crippen molar-refractivity contribution in [3.8, 4) is 0 Å². The van der Waals surface area contributed by atoms with Gasteiger partial charge in [-0.25, -0.2) is 0 Å². The van der Waals surface area contributed by atoms with E-state index >= 15 is 0 Å². The van der Waals surface area contributed by atoms with Crippen molar-refractivity contribution in [3.05, 3.63) is 28.2 Å². The Hall–Kier alpha value is -0.0300. The number of benzene rings is 1. The van der Waals surface area contributed by atoms with Crippen LogP contribution in [0.5, 0.6) is 0 Å². The molecule has 0 unspecified atom stereocenters. The summed E-state index contributed by atoms with van der Waals surface area (Å²) in [5.41, 5.74) is 1.36. The summed E-state index contributed by atoms with van der Waals surface area (Å²) in [5, 5.41) is 3.21. The second-order valence-corrected chi connectivity index (χ2v) is 5.99. The molecule has 1 N–H and O–H groups in total. The van der Waals surface area contributed by atoms with Crippen molar-refractivity contribution in [1.82, 2.24) is 10.2 Å². The van der Waals surface area contributed by atoms with Crippen LogP contribution < -0.4 is 5.32 Å². The Morgan fingerprint density at radius 2 is 2.12 bits per heavy atom. The zero-order valence-electron chi connectivity index (χ0n) is 10.1. The maximum atomic E-state index is 3.51. The molecule has 2 nitrogen and oxygen atoms in total. The molecule has 0 saturated carbocycles. The first-order valence-electron chi connectivity index (χ1n) is 5.34. The number of hydrogen-bond donors (Lipinski definition) is 1. The zero-order valence-corrected chi connectivity index (χ0v) is 12.5. The van der Waals surface area contributed by atoms with E-state index in [4.69, 9.17) is 0 Å². The molecule has 0 bridgehead atoms. The van der Waals surface area contributed by atoms with Gasteiger partial charge in [0.15, 0.2) is 0 Å². The third-order valence-corrected chi connectivity index (χ3v) is 3.78. The first kappa shape index (κ1) is 14.0. The Bertz CT molecular complexity index is 329. The topological polar surface area (TPSA) is 15.3 Å². The summed E-state index contributed by atoms with van der Waals surface area (Å²) in [7, 11) is 6.20. The van der Waals surface area contributed by atoms with E-state index in [2.05, 4.69) is 58.4 Å². The normalized spacial score (nSPS) is 11.1. The molecule has 0 spiro atoms. The lowest BCUT2D eigenvalue weighted by Crippen LogP contribution is -2.15. The van der Waals surface area contributed by atoms with Crippen LogP contribution in [0.15, 0.2) is 27.6 Å². The molecule has 1 rings (SSSR count). The lowest BCUT2D eigenvalue weighted by atomic mass is 10.2. The predicted molar refractivity (Wildman–Crippen MR) is 76.2 cm³/mol. The smallest absolute Gasteiger partial charge is 0.0214 e. The van der Waals surface area contributed by atoms with Gasteiger partial charge in [-0.2, -0.15) is 0 Å². The van der Waals surface area contributed by atoms with Crippen LogP contribution >= 0.6 is 27.7 Å². The number of nitrogens with one attached hydrogen (secondary N) is 1. The van der Waals surface area contributed by atoms with E-state index in [0.29, 0.717) is 0 Å². The van der Waals surface area contributed by atoms with Crippen LogP contribution in [0, 0.1) is 0 Å². The molecule has 0 atom stereocenters. The minimum atomic E-state index is 0.920. The summed E-state index contributed by atoms with van der Waals surface area (Å²) in [4.78, 5) is 3.59. The van der Waals surface area contributed by atoms with Crippen LogP contribution in [-0.4, -0.2) is 38.3 Å². The van der Waals surface area contributed by atoms with Gasteiger partial charge in [-0.05, 0) is 44.9 Å². The van der Waals surface area contributed by atoms with E-state index in [0.717, 1.165) is 23.3 Å². The molecular weight excluding hydrogens is 284 g/mol. The number of nitrogens with zero attached hydrogens (tertiary/aromatic N) is 1. The molecule has 4 heteroatoms. The first-order valence-corrected chi connectivity index (χ1v) is 7.12. The second-order valence-electron chi connectivity index (χ2n) is 3.93. The van der Waals surface area contributed by atoms with Crippen LogP contribution in [-0.2, 0) is 6.54 Å². The van der Waals surface area contributed by atoms with Gasteiger partial charge in [0.1, 0.15) is 0 Å². The van der Waals surface area contributed by atoms with Gasteiger partial charge in [0.25, 0.3) is 0 Å². The van der Waals surface area contributed by atoms with Gasteiger partial charge in [-0.1, -0.05) is 15.9 Å². The van der Waals surface area contributed by atoms with Crippen LogP contribution in [0.3, 0.4) is 0 Å².